The number of fused-ring (bicyclic) bond motifs is 3. The van der Waals surface area contributed by atoms with E-state index in [1.54, 1.807) is 0 Å². The molecule has 0 spiro atoms. The zero-order valence-electron chi connectivity index (χ0n) is 22.8. The lowest BCUT2D eigenvalue weighted by Gasteiger charge is -2.19. The maximum atomic E-state index is 2.37. The van der Waals surface area contributed by atoms with Gasteiger partial charge in [0.2, 0.25) is 0 Å². The summed E-state index contributed by atoms with van der Waals surface area (Å²) in [5.74, 6) is 0. The minimum atomic E-state index is 0.945. The topological polar surface area (TPSA) is 0 Å². The maximum Gasteiger partial charge on any atom is -0.00196 e. The van der Waals surface area contributed by atoms with Crippen LogP contribution in [-0.4, -0.2) is 0 Å². The van der Waals surface area contributed by atoms with Crippen LogP contribution in [0.25, 0.3) is 33.0 Å². The van der Waals surface area contributed by atoms with Crippen LogP contribution in [0.15, 0.2) is 121 Å². The second kappa shape index (κ2) is 9.65. The third kappa shape index (κ3) is 4.25. The molecule has 6 aromatic carbocycles. The van der Waals surface area contributed by atoms with Crippen LogP contribution >= 0.6 is 0 Å². The van der Waals surface area contributed by atoms with E-state index >= 15 is 0 Å². The van der Waals surface area contributed by atoms with Crippen molar-refractivity contribution in [3.8, 4) is 22.3 Å². The Kier molecular flexibility index (Phi) is 5.66. The summed E-state index contributed by atoms with van der Waals surface area (Å²) in [7, 11) is 0. The Balaban J connectivity index is 1.03. The molecule has 0 radical (unpaired) electrons. The van der Waals surface area contributed by atoms with Crippen molar-refractivity contribution in [2.75, 3.05) is 0 Å². The molecule has 192 valence electrons. The predicted octanol–water partition coefficient (Wildman–Crippen LogP) is 9.55. The molecule has 6 aromatic rings. The Hall–Kier alpha value is -4.42. The Morgan fingerprint density at radius 3 is 1.12 bits per heavy atom. The molecule has 2 aliphatic rings. The Morgan fingerprint density at radius 1 is 0.350 bits per heavy atom. The molecule has 0 unspecified atom stereocenters. The SMILES string of the molecule is c1cc(Cc2ccc(-c3ccc4c(c3)CC4)cc2)c2cccc(Cc3ccc(-c4ccc5c(c4)CC5)cc3)c2c1. The number of benzene rings is 6. The number of hydrogen-bond acceptors (Lipinski definition) is 0. The van der Waals surface area contributed by atoms with Gasteiger partial charge in [-0.3, -0.25) is 0 Å². The highest BCUT2D eigenvalue weighted by Crippen LogP contribution is 2.32. The molecule has 0 heterocycles. The van der Waals surface area contributed by atoms with Crippen LogP contribution in [0.1, 0.15) is 44.5 Å². The maximum absolute atomic E-state index is 2.37. The minimum Gasteiger partial charge on any atom is -0.0613 e. The molecular formula is C40H32. The molecule has 0 heteroatoms. The lowest BCUT2D eigenvalue weighted by atomic mass is 9.86. The molecule has 0 N–H and O–H groups in total. The van der Waals surface area contributed by atoms with E-state index < -0.39 is 0 Å². The van der Waals surface area contributed by atoms with Crippen molar-refractivity contribution < 1.29 is 0 Å². The van der Waals surface area contributed by atoms with Gasteiger partial charge in [-0.25, -0.2) is 0 Å². The van der Waals surface area contributed by atoms with E-state index in [4.69, 9.17) is 0 Å². The van der Waals surface area contributed by atoms with Gasteiger partial charge < -0.3 is 0 Å². The van der Waals surface area contributed by atoms with E-state index in [2.05, 4.69) is 121 Å². The quantitative estimate of drug-likeness (QED) is 0.208. The molecule has 0 atom stereocenters. The lowest BCUT2D eigenvalue weighted by molar-refractivity contribution is 0.840. The average molecular weight is 513 g/mol. The zero-order chi connectivity index (χ0) is 26.5. The Labute approximate surface area is 237 Å². The lowest BCUT2D eigenvalue weighted by Crippen LogP contribution is -2.07. The fourth-order valence-electron chi connectivity index (χ4n) is 6.57. The standard InChI is InChI=1S/C40H32/c1-3-37(23-27-7-11-29(12-8-27)33-19-15-31-17-21-35(31)25-33)40-6-2-4-38(39(40)5-1)24-28-9-13-30(14-10-28)34-20-16-32-18-22-36(32)26-34/h1-16,19-20,25-26H,17-18,21-24H2. The van der Waals surface area contributed by atoms with Crippen molar-refractivity contribution in [2.24, 2.45) is 0 Å². The van der Waals surface area contributed by atoms with E-state index in [0.717, 1.165) is 12.8 Å². The fourth-order valence-corrected chi connectivity index (χ4v) is 6.57. The molecule has 0 amide bonds. The van der Waals surface area contributed by atoms with Crippen LogP contribution in [0.3, 0.4) is 0 Å². The van der Waals surface area contributed by atoms with Crippen molar-refractivity contribution in [3.05, 3.63) is 166 Å². The smallest absolute Gasteiger partial charge is 0.00196 e. The van der Waals surface area contributed by atoms with Crippen molar-refractivity contribution in [2.45, 2.75) is 38.5 Å². The number of hydrogen-bond donors (Lipinski definition) is 0. The first-order valence-electron chi connectivity index (χ1n) is 14.7. The van der Waals surface area contributed by atoms with Crippen molar-refractivity contribution in [3.63, 3.8) is 0 Å². The normalized spacial score (nSPS) is 13.3. The molecule has 40 heavy (non-hydrogen) atoms. The molecule has 0 aliphatic heterocycles. The average Bonchev–Trinajstić information content (AvgIpc) is 2.96. The zero-order valence-corrected chi connectivity index (χ0v) is 22.8. The van der Waals surface area contributed by atoms with Gasteiger partial charge in [0.05, 0.1) is 0 Å². The fraction of sp³-hybridized carbons (Fsp3) is 0.150. The van der Waals surface area contributed by atoms with Gasteiger partial charge in [-0.05, 0) is 116 Å². The summed E-state index contributed by atoms with van der Waals surface area (Å²) in [6.07, 6.45) is 6.82. The van der Waals surface area contributed by atoms with Gasteiger partial charge in [-0.2, -0.15) is 0 Å². The molecule has 8 rings (SSSR count). The number of aryl methyl sites for hydroxylation is 4. The third-order valence-corrected chi connectivity index (χ3v) is 9.21. The summed E-state index contributed by atoms with van der Waals surface area (Å²) in [5.41, 5.74) is 16.9. The van der Waals surface area contributed by atoms with Gasteiger partial charge in [0.15, 0.2) is 0 Å². The predicted molar refractivity (Wildman–Crippen MR) is 168 cm³/mol. The van der Waals surface area contributed by atoms with Gasteiger partial charge in [-0.15, -0.1) is 0 Å². The molecule has 2 aliphatic carbocycles. The van der Waals surface area contributed by atoms with Crippen LogP contribution < -0.4 is 0 Å². The van der Waals surface area contributed by atoms with Crippen LogP contribution in [0.5, 0.6) is 0 Å². The summed E-state index contributed by atoms with van der Waals surface area (Å²) in [4.78, 5) is 0. The molecule has 0 nitrogen and oxygen atoms in total. The van der Waals surface area contributed by atoms with Gasteiger partial charge >= 0.3 is 0 Å². The first-order chi connectivity index (χ1) is 19.8. The second-order valence-corrected chi connectivity index (χ2v) is 11.6. The van der Waals surface area contributed by atoms with E-state index in [1.807, 2.05) is 0 Å². The second-order valence-electron chi connectivity index (χ2n) is 11.6. The molecule has 0 bridgehead atoms. The summed E-state index contributed by atoms with van der Waals surface area (Å²) in [6, 6.07) is 45.9. The van der Waals surface area contributed by atoms with Crippen molar-refractivity contribution in [1.29, 1.82) is 0 Å². The Bertz CT molecular complexity index is 1730. The van der Waals surface area contributed by atoms with Gasteiger partial charge in [0, 0.05) is 0 Å². The van der Waals surface area contributed by atoms with E-state index in [0.29, 0.717) is 0 Å². The van der Waals surface area contributed by atoms with Gasteiger partial charge in [-0.1, -0.05) is 121 Å². The van der Waals surface area contributed by atoms with Gasteiger partial charge in [0.25, 0.3) is 0 Å². The molecule has 0 saturated heterocycles. The van der Waals surface area contributed by atoms with Crippen LogP contribution in [0.4, 0.5) is 0 Å². The Morgan fingerprint density at radius 2 is 0.750 bits per heavy atom. The molecule has 0 aromatic heterocycles. The van der Waals surface area contributed by atoms with E-state index in [9.17, 15) is 0 Å². The first-order valence-corrected chi connectivity index (χ1v) is 14.7. The van der Waals surface area contributed by atoms with Gasteiger partial charge in [0.1, 0.15) is 0 Å². The first kappa shape index (κ1) is 23.5. The van der Waals surface area contributed by atoms with Crippen LogP contribution in [-0.2, 0) is 38.5 Å². The van der Waals surface area contributed by atoms with Crippen molar-refractivity contribution >= 4 is 10.8 Å². The minimum absolute atomic E-state index is 0.945. The number of rotatable bonds is 6. The molecular weight excluding hydrogens is 480 g/mol. The monoisotopic (exact) mass is 512 g/mol. The summed E-state index contributed by atoms with van der Waals surface area (Å²) in [5, 5.41) is 2.73. The van der Waals surface area contributed by atoms with E-state index in [1.165, 1.54) is 103 Å². The third-order valence-electron chi connectivity index (χ3n) is 9.21. The highest BCUT2D eigenvalue weighted by Gasteiger charge is 2.15. The largest absolute Gasteiger partial charge is 0.0613 e. The summed E-state index contributed by atoms with van der Waals surface area (Å²) in [6.45, 7) is 0. The summed E-state index contributed by atoms with van der Waals surface area (Å²) < 4.78 is 0. The van der Waals surface area contributed by atoms with Crippen molar-refractivity contribution in [1.82, 2.24) is 0 Å². The molecule has 0 fully saturated rings. The highest BCUT2D eigenvalue weighted by molar-refractivity contribution is 5.89. The summed E-state index contributed by atoms with van der Waals surface area (Å²) >= 11 is 0. The molecule has 0 saturated carbocycles. The van der Waals surface area contributed by atoms with Crippen LogP contribution in [0.2, 0.25) is 0 Å². The van der Waals surface area contributed by atoms with Crippen LogP contribution in [0, 0.1) is 0 Å². The highest BCUT2D eigenvalue weighted by atomic mass is 14.2. The van der Waals surface area contributed by atoms with E-state index in [-0.39, 0.29) is 0 Å².